The van der Waals surface area contributed by atoms with E-state index in [2.05, 4.69) is 41.7 Å². The molecule has 0 radical (unpaired) electrons. The van der Waals surface area contributed by atoms with Crippen LogP contribution in [0.25, 0.3) is 0 Å². The number of sulfonamides is 1. The van der Waals surface area contributed by atoms with E-state index in [-0.39, 0.29) is 5.60 Å². The van der Waals surface area contributed by atoms with E-state index in [4.69, 9.17) is 4.74 Å². The number of rotatable bonds is 5. The topological polar surface area (TPSA) is 58.6 Å². The van der Waals surface area contributed by atoms with Gasteiger partial charge in [-0.1, -0.05) is 23.8 Å². The molecule has 1 atom stereocenters. The van der Waals surface area contributed by atoms with Crippen molar-refractivity contribution in [2.24, 2.45) is 5.92 Å². The smallest absolute Gasteiger partial charge is 0.208 e. The van der Waals surface area contributed by atoms with Crippen molar-refractivity contribution in [3.63, 3.8) is 0 Å². The Morgan fingerprint density at radius 1 is 1.33 bits per heavy atom. The van der Waals surface area contributed by atoms with Crippen molar-refractivity contribution in [3.05, 3.63) is 34.9 Å². The number of nitrogens with zero attached hydrogens (tertiary/aromatic N) is 1. The molecule has 2 aliphatic rings. The van der Waals surface area contributed by atoms with Crippen LogP contribution >= 0.6 is 0 Å². The van der Waals surface area contributed by atoms with Gasteiger partial charge in [-0.3, -0.25) is 4.90 Å². The molecule has 5 nitrogen and oxygen atoms in total. The van der Waals surface area contributed by atoms with Crippen molar-refractivity contribution in [2.45, 2.75) is 38.8 Å². The molecule has 0 saturated carbocycles. The van der Waals surface area contributed by atoms with Crippen LogP contribution in [0, 0.1) is 19.8 Å². The second-order valence-corrected chi connectivity index (χ2v) is 9.43. The Hall–Kier alpha value is -0.950. The standard InChI is InChI=1S/C18H28N2O3S/c1-14-4-5-15(2)17(8-14)10-20-12-18(13-20)7-6-16(11-23-18)9-19-24(3,21)22/h4-5,8,16,19H,6-7,9-13H2,1-3H3. The summed E-state index contributed by atoms with van der Waals surface area (Å²) in [7, 11) is -3.11. The van der Waals surface area contributed by atoms with E-state index in [0.717, 1.165) is 32.5 Å². The molecule has 0 aromatic heterocycles. The van der Waals surface area contributed by atoms with Crippen LogP contribution in [-0.2, 0) is 21.3 Å². The van der Waals surface area contributed by atoms with Crippen LogP contribution in [0.3, 0.4) is 0 Å². The van der Waals surface area contributed by atoms with Crippen LogP contribution in [0.4, 0.5) is 0 Å². The lowest BCUT2D eigenvalue weighted by Crippen LogP contribution is -2.64. The Bertz CT molecular complexity index is 686. The zero-order valence-electron chi connectivity index (χ0n) is 14.8. The van der Waals surface area contributed by atoms with Crippen molar-refractivity contribution in [2.75, 3.05) is 32.5 Å². The van der Waals surface area contributed by atoms with Gasteiger partial charge in [-0.2, -0.15) is 0 Å². The van der Waals surface area contributed by atoms with E-state index < -0.39 is 10.0 Å². The number of aryl methyl sites for hydroxylation is 2. The summed E-state index contributed by atoms with van der Waals surface area (Å²) in [6.45, 7) is 8.38. The predicted octanol–water partition coefficient (Wildman–Crippen LogP) is 1.83. The summed E-state index contributed by atoms with van der Waals surface area (Å²) < 4.78 is 31.1. The molecule has 3 rings (SSSR count). The van der Waals surface area contributed by atoms with Crippen molar-refractivity contribution in [3.8, 4) is 0 Å². The molecule has 2 aliphatic heterocycles. The summed E-state index contributed by atoms with van der Waals surface area (Å²) in [5.41, 5.74) is 4.05. The molecule has 1 N–H and O–H groups in total. The average Bonchev–Trinajstić information content (AvgIpc) is 2.48. The molecule has 134 valence electrons. The molecule has 1 unspecified atom stereocenters. The van der Waals surface area contributed by atoms with Crippen LogP contribution in [0.2, 0.25) is 0 Å². The summed E-state index contributed by atoms with van der Waals surface area (Å²) in [5, 5.41) is 0. The van der Waals surface area contributed by atoms with Gasteiger partial charge in [0.25, 0.3) is 0 Å². The quantitative estimate of drug-likeness (QED) is 0.878. The SMILES string of the molecule is Cc1ccc(C)c(CN2CC3(CCC(CNS(C)(=O)=O)CO3)C2)c1. The number of hydrogen-bond donors (Lipinski definition) is 1. The van der Waals surface area contributed by atoms with Gasteiger partial charge in [0.15, 0.2) is 0 Å². The Balaban J connectivity index is 1.46. The Labute approximate surface area is 145 Å². The highest BCUT2D eigenvalue weighted by Gasteiger charge is 2.46. The number of likely N-dealkylation sites (tertiary alicyclic amines) is 1. The maximum absolute atomic E-state index is 11.2. The van der Waals surface area contributed by atoms with Crippen molar-refractivity contribution in [1.82, 2.24) is 9.62 Å². The second kappa shape index (κ2) is 6.75. The normalized spacial score (nSPS) is 24.0. The molecule has 0 bridgehead atoms. The van der Waals surface area contributed by atoms with Gasteiger partial charge in [-0.05, 0) is 43.7 Å². The zero-order valence-corrected chi connectivity index (χ0v) is 15.7. The molecule has 6 heteroatoms. The number of benzene rings is 1. The molecule has 1 spiro atoms. The van der Waals surface area contributed by atoms with Crippen molar-refractivity contribution >= 4 is 10.0 Å². The lowest BCUT2D eigenvalue weighted by atomic mass is 9.82. The zero-order chi connectivity index (χ0) is 17.4. The Kier molecular flexibility index (Phi) is 5.02. The molecule has 24 heavy (non-hydrogen) atoms. The highest BCUT2D eigenvalue weighted by atomic mass is 32.2. The minimum atomic E-state index is -3.11. The summed E-state index contributed by atoms with van der Waals surface area (Å²) in [4.78, 5) is 2.44. The van der Waals surface area contributed by atoms with E-state index in [9.17, 15) is 8.42 Å². The first-order chi connectivity index (χ1) is 11.2. The lowest BCUT2D eigenvalue weighted by Gasteiger charge is -2.53. The maximum atomic E-state index is 11.2. The van der Waals surface area contributed by atoms with Gasteiger partial charge < -0.3 is 4.74 Å². The Morgan fingerprint density at radius 3 is 2.71 bits per heavy atom. The maximum Gasteiger partial charge on any atom is 0.208 e. The molecule has 2 fully saturated rings. The molecule has 1 aromatic rings. The molecular formula is C18H28N2O3S. The highest BCUT2D eigenvalue weighted by molar-refractivity contribution is 7.88. The fraction of sp³-hybridized carbons (Fsp3) is 0.667. The molecule has 1 aromatic carbocycles. The van der Waals surface area contributed by atoms with E-state index in [1.165, 1.54) is 22.9 Å². The third-order valence-electron chi connectivity index (χ3n) is 5.19. The average molecular weight is 353 g/mol. The van der Waals surface area contributed by atoms with Crippen molar-refractivity contribution in [1.29, 1.82) is 0 Å². The molecular weight excluding hydrogens is 324 g/mol. The first kappa shape index (κ1) is 17.9. The van der Waals surface area contributed by atoms with Gasteiger partial charge in [-0.25, -0.2) is 13.1 Å². The molecule has 2 saturated heterocycles. The molecule has 0 amide bonds. The summed E-state index contributed by atoms with van der Waals surface area (Å²) >= 11 is 0. The van der Waals surface area contributed by atoms with E-state index in [0.29, 0.717) is 19.1 Å². The third kappa shape index (κ3) is 4.36. The van der Waals surface area contributed by atoms with Gasteiger partial charge in [0.05, 0.1) is 18.5 Å². The van der Waals surface area contributed by atoms with Crippen LogP contribution in [0.15, 0.2) is 18.2 Å². The minimum Gasteiger partial charge on any atom is -0.372 e. The van der Waals surface area contributed by atoms with E-state index in [1.807, 2.05) is 0 Å². The molecule has 2 heterocycles. The predicted molar refractivity (Wildman–Crippen MR) is 95.4 cm³/mol. The lowest BCUT2D eigenvalue weighted by molar-refractivity contribution is -0.181. The van der Waals surface area contributed by atoms with Gasteiger partial charge in [0, 0.05) is 26.2 Å². The molecule has 0 aliphatic carbocycles. The minimum absolute atomic E-state index is 0.000675. The monoisotopic (exact) mass is 352 g/mol. The first-order valence-corrected chi connectivity index (χ1v) is 10.5. The van der Waals surface area contributed by atoms with Crippen LogP contribution in [0.1, 0.15) is 29.5 Å². The summed E-state index contributed by atoms with van der Waals surface area (Å²) in [6.07, 6.45) is 3.25. The van der Waals surface area contributed by atoms with Crippen molar-refractivity contribution < 1.29 is 13.2 Å². The Morgan fingerprint density at radius 2 is 2.08 bits per heavy atom. The summed E-state index contributed by atoms with van der Waals surface area (Å²) in [6, 6.07) is 6.62. The highest BCUT2D eigenvalue weighted by Crippen LogP contribution is 2.36. The van der Waals surface area contributed by atoms with Crippen LogP contribution in [-0.4, -0.2) is 51.4 Å². The van der Waals surface area contributed by atoms with Gasteiger partial charge >= 0.3 is 0 Å². The third-order valence-corrected chi connectivity index (χ3v) is 5.88. The first-order valence-electron chi connectivity index (χ1n) is 8.62. The largest absolute Gasteiger partial charge is 0.372 e. The fourth-order valence-corrected chi connectivity index (χ4v) is 4.23. The number of ether oxygens (including phenoxy) is 1. The van der Waals surface area contributed by atoms with Gasteiger partial charge in [0.2, 0.25) is 10.0 Å². The van der Waals surface area contributed by atoms with Crippen LogP contribution < -0.4 is 4.72 Å². The second-order valence-electron chi connectivity index (χ2n) is 7.59. The number of hydrogen-bond acceptors (Lipinski definition) is 4. The van der Waals surface area contributed by atoms with E-state index >= 15 is 0 Å². The van der Waals surface area contributed by atoms with Crippen LogP contribution in [0.5, 0.6) is 0 Å². The van der Waals surface area contributed by atoms with E-state index in [1.54, 1.807) is 0 Å². The number of nitrogens with one attached hydrogen (secondary N) is 1. The van der Waals surface area contributed by atoms with Gasteiger partial charge in [0.1, 0.15) is 0 Å². The summed E-state index contributed by atoms with van der Waals surface area (Å²) in [5.74, 6) is 0.290. The van der Waals surface area contributed by atoms with Gasteiger partial charge in [-0.15, -0.1) is 0 Å². The fourth-order valence-electron chi connectivity index (χ4n) is 3.69.